The van der Waals surface area contributed by atoms with Crippen LogP contribution in [0.2, 0.25) is 0 Å². The number of esters is 1. The Morgan fingerprint density at radius 3 is 2.33 bits per heavy atom. The monoisotopic (exact) mass is 895 g/mol. The van der Waals surface area contributed by atoms with Crippen molar-refractivity contribution >= 4 is 41.0 Å². The second-order valence-corrected chi connectivity index (χ2v) is 20.9. The van der Waals surface area contributed by atoms with Gasteiger partial charge in [0.25, 0.3) is 0 Å². The number of alkyl halides is 1. The minimum atomic E-state index is -1.57. The summed E-state index contributed by atoms with van der Waals surface area (Å²) in [7, 11) is 4.14. The number of carbonyl (C=O) groups excluding carboxylic acids is 4. The Bertz CT molecular complexity index is 2270. The molecule has 5 saturated carbocycles. The molecular weight excluding hydrogens is 830 g/mol. The predicted molar refractivity (Wildman–Crippen MR) is 245 cm³/mol. The first kappa shape index (κ1) is 46.4. The molecule has 0 heterocycles. The highest BCUT2D eigenvalue weighted by molar-refractivity contribution is 6.17. The fraction of sp³-hybridized carbons (Fsp3) is 0.623. The van der Waals surface area contributed by atoms with Gasteiger partial charge in [-0.25, -0.2) is 9.59 Å². The minimum Gasteiger partial charge on any atom is -0.446 e. The fourth-order valence-electron chi connectivity index (χ4n) is 14.7. The lowest BCUT2D eigenvalue weighted by molar-refractivity contribution is -0.199. The van der Waals surface area contributed by atoms with E-state index >= 15 is 0 Å². The molecule has 10 nitrogen and oxygen atoms in total. The van der Waals surface area contributed by atoms with Gasteiger partial charge in [-0.3, -0.25) is 9.59 Å². The summed E-state index contributed by atoms with van der Waals surface area (Å²) in [5.41, 5.74) is 3.95. The number of fused-ring (bicyclic) bond motifs is 9. The molecule has 9 rings (SSSR count). The zero-order chi connectivity index (χ0) is 46.0. The van der Waals surface area contributed by atoms with Gasteiger partial charge in [-0.2, -0.15) is 0 Å². The van der Waals surface area contributed by atoms with Crippen molar-refractivity contribution in [2.24, 2.45) is 45.8 Å². The molecule has 2 N–H and O–H groups in total. The van der Waals surface area contributed by atoms with E-state index in [0.717, 1.165) is 56.9 Å². The van der Waals surface area contributed by atoms with Gasteiger partial charge in [0.2, 0.25) is 5.60 Å². The number of hydrogen-bond acceptors (Lipinski definition) is 10. The predicted octanol–water partition coefficient (Wildman–Crippen LogP) is 9.32. The number of nitrogens with zero attached hydrogens (tertiary/aromatic N) is 1. The number of hydrogen-bond donors (Lipinski definition) is 2. The van der Waals surface area contributed by atoms with Crippen LogP contribution < -0.4 is 4.90 Å². The normalized spacial score (nSPS) is 39.1. The SMILES string of the molecule is CC#C[C@]1(O)CC[C@H]2[C@@H]3CCC4=CC(=O)CCC4=C3[C@@H](c3ccc(N(C)C)cc3)C[C@@]21C.CCOC(=O)O[C@]1(C(=O)OCCl)CC[C@H]2[C@@H]3CCC4=CC(=O)C=C[C@]4(C)[C@H]3[C@@H](O)C[C@@]21C. The number of carbonyl (C=O) groups is 4. The van der Waals surface area contributed by atoms with Crippen LogP contribution in [0, 0.1) is 57.7 Å². The van der Waals surface area contributed by atoms with Crippen LogP contribution >= 0.6 is 11.6 Å². The van der Waals surface area contributed by atoms with E-state index < -0.39 is 40.3 Å². The van der Waals surface area contributed by atoms with Gasteiger partial charge in [0.15, 0.2) is 17.6 Å². The summed E-state index contributed by atoms with van der Waals surface area (Å²) >= 11 is 5.70. The van der Waals surface area contributed by atoms with Gasteiger partial charge in [0, 0.05) is 54.3 Å². The van der Waals surface area contributed by atoms with Crippen molar-refractivity contribution in [2.75, 3.05) is 31.7 Å². The number of ether oxygens (including phenoxy) is 3. The van der Waals surface area contributed by atoms with E-state index in [0.29, 0.717) is 24.7 Å². The maximum absolute atomic E-state index is 13.2. The summed E-state index contributed by atoms with van der Waals surface area (Å²) in [6.07, 6.45) is 14.5. The molecular formula is C53H66ClNO9. The number of aliphatic hydroxyl groups excluding tert-OH is 1. The summed E-state index contributed by atoms with van der Waals surface area (Å²) in [5.74, 6) is 7.08. The second-order valence-electron chi connectivity index (χ2n) is 20.7. The van der Waals surface area contributed by atoms with Crippen LogP contribution in [0.25, 0.3) is 0 Å². The summed E-state index contributed by atoms with van der Waals surface area (Å²) in [5, 5.41) is 23.2. The quantitative estimate of drug-likeness (QED) is 0.161. The van der Waals surface area contributed by atoms with Crippen molar-refractivity contribution in [1.29, 1.82) is 0 Å². The zero-order valence-corrected chi connectivity index (χ0v) is 39.4. The summed E-state index contributed by atoms with van der Waals surface area (Å²) in [4.78, 5) is 51.8. The van der Waals surface area contributed by atoms with E-state index in [1.54, 1.807) is 24.6 Å². The smallest absolute Gasteiger partial charge is 0.446 e. The zero-order valence-electron chi connectivity index (χ0n) is 38.6. The van der Waals surface area contributed by atoms with Crippen LogP contribution in [0.1, 0.15) is 123 Å². The highest BCUT2D eigenvalue weighted by Gasteiger charge is 2.72. The first-order valence-corrected chi connectivity index (χ1v) is 24.0. The Kier molecular flexibility index (Phi) is 12.5. The largest absolute Gasteiger partial charge is 0.509 e. The van der Waals surface area contributed by atoms with Crippen LogP contribution in [-0.2, 0) is 28.6 Å². The van der Waals surface area contributed by atoms with Gasteiger partial charge in [-0.15, -0.1) is 5.92 Å². The number of rotatable bonds is 6. The molecule has 0 radical (unpaired) electrons. The summed E-state index contributed by atoms with van der Waals surface area (Å²) < 4.78 is 15.9. The summed E-state index contributed by atoms with van der Waals surface area (Å²) in [6, 6.07) is 8.62. The maximum Gasteiger partial charge on any atom is 0.509 e. The van der Waals surface area contributed by atoms with Gasteiger partial charge in [-0.05, 0) is 155 Å². The first-order chi connectivity index (χ1) is 30.4. The molecule has 344 valence electrons. The van der Waals surface area contributed by atoms with Crippen molar-refractivity contribution in [3.8, 4) is 11.8 Å². The highest BCUT2D eigenvalue weighted by atomic mass is 35.5. The highest BCUT2D eigenvalue weighted by Crippen LogP contribution is 2.69. The van der Waals surface area contributed by atoms with Gasteiger partial charge in [0.05, 0.1) is 12.7 Å². The molecule has 0 saturated heterocycles. The maximum atomic E-state index is 13.2. The molecule has 0 amide bonds. The van der Waals surface area contributed by atoms with Crippen LogP contribution in [-0.4, -0.2) is 78.0 Å². The van der Waals surface area contributed by atoms with E-state index in [2.05, 4.69) is 68.9 Å². The van der Waals surface area contributed by atoms with Crippen molar-refractivity contribution in [3.05, 3.63) is 76.4 Å². The number of ketones is 2. The number of anilines is 1. The molecule has 8 aliphatic carbocycles. The standard InChI is InChI=1S/C29H35NO2.C24H31ClO7/c1-5-15-29(32)16-14-26-24-12-8-20-17-22(31)11-13-23(20)27(24)25(18-28(26,29)2)19-6-9-21(10-7-19)30(3)4;1-4-30-21(29)32-24(20(28)31-13-25)10-8-17-16-6-5-14-11-15(26)7-9-22(14,2)19(16)18(27)12-23(17,24)3/h6-7,9-10,17,24-26,32H,8,11-14,16,18H2,1-4H3;7,9,11,16-19,27H,4-6,8,10,12-13H2,1-3H3/t24-,25+,26-,28-,29-;16-,17-,18-,19+,22-,23-,24-/m00/s1. The minimum absolute atomic E-state index is 0.0161. The Hall–Kier alpha value is -4.17. The third-order valence-corrected chi connectivity index (χ3v) is 17.8. The average Bonchev–Trinajstić information content (AvgIpc) is 3.69. The third-order valence-electron chi connectivity index (χ3n) is 17.7. The number of allylic oxidation sites excluding steroid dienone is 8. The van der Waals surface area contributed by atoms with Gasteiger partial charge in [-0.1, -0.05) is 67.6 Å². The third kappa shape index (κ3) is 7.31. The van der Waals surface area contributed by atoms with E-state index in [1.807, 2.05) is 26.0 Å². The van der Waals surface area contributed by atoms with E-state index in [-0.39, 0.29) is 66.2 Å². The number of halogens is 1. The molecule has 1 aromatic rings. The molecule has 0 bridgehead atoms. The van der Waals surface area contributed by atoms with Crippen molar-refractivity contribution in [3.63, 3.8) is 0 Å². The topological polar surface area (TPSA) is 140 Å². The number of benzene rings is 1. The molecule has 5 fully saturated rings. The van der Waals surface area contributed by atoms with Crippen LogP contribution in [0.15, 0.2) is 70.9 Å². The Morgan fingerprint density at radius 2 is 1.64 bits per heavy atom. The lowest BCUT2D eigenvalue weighted by atomic mass is 9.46. The van der Waals surface area contributed by atoms with E-state index in [1.165, 1.54) is 22.4 Å². The van der Waals surface area contributed by atoms with Gasteiger partial charge >= 0.3 is 12.1 Å². The Labute approximate surface area is 383 Å². The molecule has 12 atom stereocenters. The Morgan fingerprint density at radius 1 is 0.906 bits per heavy atom. The molecule has 0 unspecified atom stereocenters. The number of aliphatic hydroxyl groups is 2. The van der Waals surface area contributed by atoms with Crippen molar-refractivity contribution < 1.29 is 43.6 Å². The molecule has 0 aromatic heterocycles. The lowest BCUT2D eigenvalue weighted by Crippen LogP contribution is -2.62. The van der Waals surface area contributed by atoms with Crippen LogP contribution in [0.5, 0.6) is 0 Å². The summed E-state index contributed by atoms with van der Waals surface area (Å²) in [6.45, 7) is 9.92. The van der Waals surface area contributed by atoms with Crippen molar-refractivity contribution in [1.82, 2.24) is 0 Å². The van der Waals surface area contributed by atoms with Gasteiger partial charge in [0.1, 0.15) is 5.60 Å². The average molecular weight is 897 g/mol. The van der Waals surface area contributed by atoms with Crippen LogP contribution in [0.3, 0.4) is 0 Å². The van der Waals surface area contributed by atoms with Crippen molar-refractivity contribution in [2.45, 2.75) is 135 Å². The molecule has 64 heavy (non-hydrogen) atoms. The molecule has 1 aromatic carbocycles. The van der Waals surface area contributed by atoms with Crippen LogP contribution in [0.4, 0.5) is 10.5 Å². The lowest BCUT2D eigenvalue weighted by Gasteiger charge is -2.59. The molecule has 8 aliphatic rings. The Balaban J connectivity index is 0.000000175. The fourth-order valence-corrected chi connectivity index (χ4v) is 14.8. The second kappa shape index (κ2) is 17.2. The van der Waals surface area contributed by atoms with E-state index in [4.69, 9.17) is 25.8 Å². The molecule has 0 aliphatic heterocycles. The molecule has 11 heteroatoms. The first-order valence-electron chi connectivity index (χ1n) is 23.5. The van der Waals surface area contributed by atoms with Gasteiger partial charge < -0.3 is 29.3 Å². The van der Waals surface area contributed by atoms with E-state index in [9.17, 15) is 29.4 Å². The molecule has 0 spiro atoms.